The molecule has 164 valence electrons. The van der Waals surface area contributed by atoms with Crippen molar-refractivity contribution >= 4 is 0 Å². The maximum atomic E-state index is 10.9. The van der Waals surface area contributed by atoms with E-state index in [2.05, 4.69) is 18.8 Å². The van der Waals surface area contributed by atoms with E-state index in [-0.39, 0.29) is 23.7 Å². The molecular weight excluding hydrogens is 368 g/mol. The average Bonchev–Trinajstić information content (AvgIpc) is 3.27. The molecule has 29 heavy (non-hydrogen) atoms. The quantitative estimate of drug-likeness (QED) is 0.686. The van der Waals surface area contributed by atoms with E-state index in [1.807, 2.05) is 0 Å². The highest BCUT2D eigenvalue weighted by Crippen LogP contribution is 2.66. The molecule has 3 aliphatic carbocycles. The Bertz CT molecular complexity index is 612. The third-order valence-electron chi connectivity index (χ3n) is 8.11. The van der Waals surface area contributed by atoms with Crippen LogP contribution in [0.25, 0.3) is 0 Å². The normalized spacial score (nSPS) is 40.0. The van der Waals surface area contributed by atoms with Gasteiger partial charge >= 0.3 is 0 Å². The van der Waals surface area contributed by atoms with Crippen LogP contribution in [0, 0.1) is 35.5 Å². The van der Waals surface area contributed by atoms with Crippen molar-refractivity contribution in [2.75, 3.05) is 20.3 Å². The highest BCUT2D eigenvalue weighted by molar-refractivity contribution is 5.27. The fourth-order valence-corrected chi connectivity index (χ4v) is 6.67. The molecule has 1 aliphatic heterocycles. The van der Waals surface area contributed by atoms with Crippen molar-refractivity contribution in [1.82, 2.24) is 0 Å². The summed E-state index contributed by atoms with van der Waals surface area (Å²) >= 11 is 0. The van der Waals surface area contributed by atoms with Gasteiger partial charge in [0.05, 0.1) is 25.2 Å². The summed E-state index contributed by atoms with van der Waals surface area (Å²) in [6, 6.07) is 0. The Hall–Kier alpha value is -0.640. The van der Waals surface area contributed by atoms with Gasteiger partial charge in [0.15, 0.2) is 0 Å². The lowest BCUT2D eigenvalue weighted by molar-refractivity contribution is -0.417. The molecule has 0 aromatic carbocycles. The SMILES string of the molecule is CCCCC1[C@H]2[C@H](C#C[C@@H](O)C3CCCCC3)[C@@H](O)CC[C@@]2(OC)C12OCCO2. The molecular formula is C24H38O5. The number of unbranched alkanes of at least 4 members (excludes halogenated alkanes) is 1. The van der Waals surface area contributed by atoms with E-state index < -0.39 is 23.6 Å². The van der Waals surface area contributed by atoms with Crippen molar-refractivity contribution in [2.24, 2.45) is 23.7 Å². The van der Waals surface area contributed by atoms with Gasteiger partial charge in [-0.05, 0) is 38.0 Å². The number of hydrogen-bond acceptors (Lipinski definition) is 5. The van der Waals surface area contributed by atoms with Gasteiger partial charge in [0, 0.05) is 18.9 Å². The molecule has 4 rings (SSSR count). The molecule has 5 heteroatoms. The summed E-state index contributed by atoms with van der Waals surface area (Å²) in [7, 11) is 1.74. The molecule has 2 N–H and O–H groups in total. The maximum absolute atomic E-state index is 10.9. The van der Waals surface area contributed by atoms with E-state index in [0.29, 0.717) is 19.6 Å². The van der Waals surface area contributed by atoms with Crippen molar-refractivity contribution in [2.45, 2.75) is 94.7 Å². The van der Waals surface area contributed by atoms with Crippen LogP contribution < -0.4 is 0 Å². The minimum Gasteiger partial charge on any atom is -0.392 e. The van der Waals surface area contributed by atoms with Gasteiger partial charge < -0.3 is 24.4 Å². The molecule has 3 saturated carbocycles. The zero-order valence-corrected chi connectivity index (χ0v) is 18.1. The lowest BCUT2D eigenvalue weighted by atomic mass is 9.46. The van der Waals surface area contributed by atoms with Crippen LogP contribution in [-0.2, 0) is 14.2 Å². The number of ether oxygens (including phenoxy) is 3. The topological polar surface area (TPSA) is 68.2 Å². The van der Waals surface area contributed by atoms with Gasteiger partial charge in [-0.25, -0.2) is 0 Å². The second-order valence-corrected chi connectivity index (χ2v) is 9.50. The molecule has 0 aromatic rings. The van der Waals surface area contributed by atoms with E-state index in [1.54, 1.807) is 7.11 Å². The van der Waals surface area contributed by atoms with Crippen LogP contribution in [0.1, 0.15) is 71.1 Å². The summed E-state index contributed by atoms with van der Waals surface area (Å²) in [4.78, 5) is 0. The number of fused-ring (bicyclic) bond motifs is 2. The number of aliphatic hydroxyl groups is 2. The first-order valence-corrected chi connectivity index (χ1v) is 11.8. The first-order chi connectivity index (χ1) is 14.1. The van der Waals surface area contributed by atoms with Gasteiger partial charge in [0.1, 0.15) is 11.7 Å². The van der Waals surface area contributed by atoms with E-state index in [4.69, 9.17) is 14.2 Å². The standard InChI is InChI=1S/C24H38O5/c1-3-4-10-19-22-18(11-12-20(25)17-8-6-5-7-9-17)21(26)13-14-23(22,27-2)24(19)28-15-16-29-24/h17-22,25-26H,3-10,13-16H2,1-2H3/t18-,19?,20-,21+,22-,23+/m1/s1. The first-order valence-electron chi connectivity index (χ1n) is 11.8. The molecule has 5 nitrogen and oxygen atoms in total. The second-order valence-electron chi connectivity index (χ2n) is 9.50. The Kier molecular flexibility index (Phi) is 6.58. The molecule has 0 bridgehead atoms. The summed E-state index contributed by atoms with van der Waals surface area (Å²) in [6.45, 7) is 3.39. The van der Waals surface area contributed by atoms with Crippen LogP contribution in [0.5, 0.6) is 0 Å². The molecule has 0 aromatic heterocycles. The summed E-state index contributed by atoms with van der Waals surface area (Å²) in [6.07, 6.45) is 9.19. The van der Waals surface area contributed by atoms with Crippen molar-refractivity contribution in [3.05, 3.63) is 0 Å². The van der Waals surface area contributed by atoms with E-state index in [1.165, 1.54) is 19.3 Å². The van der Waals surface area contributed by atoms with Gasteiger partial charge in [-0.3, -0.25) is 0 Å². The minimum atomic E-state index is -0.691. The second kappa shape index (κ2) is 8.85. The van der Waals surface area contributed by atoms with Crippen molar-refractivity contribution in [3.63, 3.8) is 0 Å². The number of hydrogen-bond donors (Lipinski definition) is 2. The third-order valence-corrected chi connectivity index (χ3v) is 8.11. The van der Waals surface area contributed by atoms with Gasteiger partial charge in [0.25, 0.3) is 0 Å². The highest BCUT2D eigenvalue weighted by atomic mass is 16.8. The van der Waals surface area contributed by atoms with E-state index >= 15 is 0 Å². The molecule has 0 radical (unpaired) electrons. The molecule has 1 saturated heterocycles. The zero-order chi connectivity index (χ0) is 20.5. The van der Waals surface area contributed by atoms with Gasteiger partial charge in [-0.2, -0.15) is 0 Å². The predicted molar refractivity (Wildman–Crippen MR) is 110 cm³/mol. The van der Waals surface area contributed by atoms with Crippen LogP contribution in [0.15, 0.2) is 0 Å². The molecule has 1 spiro atoms. The Labute approximate surface area is 175 Å². The molecule has 1 heterocycles. The van der Waals surface area contributed by atoms with Crippen molar-refractivity contribution in [3.8, 4) is 11.8 Å². The largest absolute Gasteiger partial charge is 0.392 e. The smallest absolute Gasteiger partial charge is 0.201 e. The fourth-order valence-electron chi connectivity index (χ4n) is 6.67. The van der Waals surface area contributed by atoms with Crippen molar-refractivity contribution < 1.29 is 24.4 Å². The molecule has 4 aliphatic rings. The van der Waals surface area contributed by atoms with Gasteiger partial charge in [0.2, 0.25) is 5.79 Å². The van der Waals surface area contributed by atoms with E-state index in [9.17, 15) is 10.2 Å². The minimum absolute atomic E-state index is 0.0759. The Morgan fingerprint density at radius 1 is 1.14 bits per heavy atom. The predicted octanol–water partition coefficient (Wildman–Crippen LogP) is 3.27. The van der Waals surface area contributed by atoms with Crippen molar-refractivity contribution in [1.29, 1.82) is 0 Å². The van der Waals surface area contributed by atoms with Crippen LogP contribution in [0.3, 0.4) is 0 Å². The summed E-state index contributed by atoms with van der Waals surface area (Å²) in [5, 5.41) is 21.5. The Morgan fingerprint density at radius 3 is 2.52 bits per heavy atom. The fraction of sp³-hybridized carbons (Fsp3) is 0.917. The van der Waals surface area contributed by atoms with Crippen LogP contribution in [0.2, 0.25) is 0 Å². The van der Waals surface area contributed by atoms with Gasteiger partial charge in [-0.1, -0.05) is 50.9 Å². The third kappa shape index (κ3) is 3.46. The molecule has 6 atom stereocenters. The maximum Gasteiger partial charge on any atom is 0.201 e. The van der Waals surface area contributed by atoms with E-state index in [0.717, 1.165) is 38.5 Å². The highest BCUT2D eigenvalue weighted by Gasteiger charge is 2.78. The first kappa shape index (κ1) is 21.6. The van der Waals surface area contributed by atoms with Crippen LogP contribution >= 0.6 is 0 Å². The molecule has 0 amide bonds. The zero-order valence-electron chi connectivity index (χ0n) is 18.1. The molecule has 4 fully saturated rings. The van der Waals surface area contributed by atoms with Gasteiger partial charge in [-0.15, -0.1) is 0 Å². The summed E-state index contributed by atoms with van der Waals surface area (Å²) in [5.41, 5.74) is -0.545. The van der Waals surface area contributed by atoms with Crippen LogP contribution in [-0.4, -0.2) is 54.1 Å². The molecule has 1 unspecified atom stereocenters. The average molecular weight is 407 g/mol. The summed E-state index contributed by atoms with van der Waals surface area (Å²) in [5.74, 6) is 6.10. The number of rotatable bonds is 5. The number of methoxy groups -OCH3 is 1. The monoisotopic (exact) mass is 406 g/mol. The van der Waals surface area contributed by atoms with Crippen LogP contribution in [0.4, 0.5) is 0 Å². The summed E-state index contributed by atoms with van der Waals surface area (Å²) < 4.78 is 18.6. The lowest BCUT2D eigenvalue weighted by Crippen LogP contribution is -2.80. The number of aliphatic hydroxyl groups excluding tert-OH is 2. The Balaban J connectivity index is 1.59. The Morgan fingerprint density at radius 2 is 1.86 bits per heavy atom. The lowest BCUT2D eigenvalue weighted by Gasteiger charge is -2.68.